The Labute approximate surface area is 111 Å². The van der Waals surface area contributed by atoms with Crippen LogP contribution >= 0.6 is 0 Å². The van der Waals surface area contributed by atoms with Gasteiger partial charge in [-0.25, -0.2) is 0 Å². The maximum Gasteiger partial charge on any atom is 0.153 e. The highest BCUT2D eigenvalue weighted by Gasteiger charge is 2.08. The summed E-state index contributed by atoms with van der Waals surface area (Å²) in [6.45, 7) is 2.06. The van der Waals surface area contributed by atoms with Crippen molar-refractivity contribution >= 4 is 16.6 Å². The first-order chi connectivity index (χ1) is 9.24. The van der Waals surface area contributed by atoms with Crippen molar-refractivity contribution in [3.8, 4) is 0 Å². The number of hydrogen-bond acceptors (Lipinski definition) is 4. The molecule has 1 aromatic carbocycles. The molecule has 2 N–H and O–H groups in total. The normalized spacial score (nSPS) is 10.8. The van der Waals surface area contributed by atoms with E-state index >= 15 is 0 Å². The van der Waals surface area contributed by atoms with E-state index in [1.54, 1.807) is 12.4 Å². The van der Waals surface area contributed by atoms with E-state index in [9.17, 15) is 0 Å². The van der Waals surface area contributed by atoms with Crippen LogP contribution in [0.1, 0.15) is 16.8 Å². The monoisotopic (exact) mass is 250 g/mol. The average Bonchev–Trinajstić information content (AvgIpc) is 2.43. The van der Waals surface area contributed by atoms with Crippen LogP contribution in [-0.4, -0.2) is 15.2 Å². The average molecular weight is 250 g/mol. The maximum atomic E-state index is 5.88. The largest absolute Gasteiger partial charge is 0.382 e. The van der Waals surface area contributed by atoms with Crippen LogP contribution in [-0.2, 0) is 6.42 Å². The molecule has 0 atom stereocenters. The Bertz CT molecular complexity index is 723. The number of hydrogen-bond donors (Lipinski definition) is 1. The third-order valence-electron chi connectivity index (χ3n) is 3.16. The first-order valence-electron chi connectivity index (χ1n) is 6.14. The Morgan fingerprint density at radius 3 is 2.58 bits per heavy atom. The lowest BCUT2D eigenvalue weighted by molar-refractivity contribution is 0.963. The van der Waals surface area contributed by atoms with Crippen LogP contribution in [0.4, 0.5) is 5.82 Å². The van der Waals surface area contributed by atoms with Gasteiger partial charge in [-0.1, -0.05) is 17.7 Å². The number of rotatable bonds is 2. The number of aryl methyl sites for hydroxylation is 1. The van der Waals surface area contributed by atoms with Gasteiger partial charge >= 0.3 is 0 Å². The molecule has 19 heavy (non-hydrogen) atoms. The van der Waals surface area contributed by atoms with Gasteiger partial charge in [0.15, 0.2) is 5.82 Å². The van der Waals surface area contributed by atoms with E-state index in [4.69, 9.17) is 5.73 Å². The zero-order chi connectivity index (χ0) is 13.2. The van der Waals surface area contributed by atoms with E-state index in [2.05, 4.69) is 28.2 Å². The Morgan fingerprint density at radius 1 is 1.00 bits per heavy atom. The molecule has 0 spiro atoms. The highest BCUT2D eigenvalue weighted by molar-refractivity contribution is 5.92. The minimum Gasteiger partial charge on any atom is -0.382 e. The minimum atomic E-state index is 0.480. The fourth-order valence-corrected chi connectivity index (χ4v) is 2.17. The number of anilines is 1. The SMILES string of the molecule is Cc1ccc2c(N)nnc(Cc3ccncc3)c2c1. The molecule has 3 rings (SSSR count). The number of fused-ring (bicyclic) bond motifs is 1. The molecule has 0 bridgehead atoms. The lowest BCUT2D eigenvalue weighted by atomic mass is 10.0. The fourth-order valence-electron chi connectivity index (χ4n) is 2.17. The first kappa shape index (κ1) is 11.6. The standard InChI is InChI=1S/C15H14N4/c1-10-2-3-12-13(8-10)14(18-19-15(12)16)9-11-4-6-17-7-5-11/h2-8H,9H2,1H3,(H2,16,19). The lowest BCUT2D eigenvalue weighted by Crippen LogP contribution is -2.01. The first-order valence-corrected chi connectivity index (χ1v) is 6.14. The minimum absolute atomic E-state index is 0.480. The summed E-state index contributed by atoms with van der Waals surface area (Å²) in [4.78, 5) is 4.02. The number of nitrogen functional groups attached to an aromatic ring is 1. The van der Waals surface area contributed by atoms with Crippen LogP contribution in [0.25, 0.3) is 10.8 Å². The van der Waals surface area contributed by atoms with Gasteiger partial charge in [-0.15, -0.1) is 5.10 Å². The molecule has 4 heteroatoms. The highest BCUT2D eigenvalue weighted by atomic mass is 15.1. The van der Waals surface area contributed by atoms with Crippen molar-refractivity contribution in [3.05, 3.63) is 59.5 Å². The summed E-state index contributed by atoms with van der Waals surface area (Å²) in [5.74, 6) is 0.480. The van der Waals surface area contributed by atoms with E-state index in [1.807, 2.05) is 24.3 Å². The van der Waals surface area contributed by atoms with Crippen molar-refractivity contribution in [2.24, 2.45) is 0 Å². The third kappa shape index (κ3) is 2.25. The molecular formula is C15H14N4. The van der Waals surface area contributed by atoms with Crippen molar-refractivity contribution in [1.29, 1.82) is 0 Å². The van der Waals surface area contributed by atoms with Crippen LogP contribution in [0.3, 0.4) is 0 Å². The summed E-state index contributed by atoms with van der Waals surface area (Å²) >= 11 is 0. The molecule has 4 nitrogen and oxygen atoms in total. The predicted octanol–water partition coefficient (Wildman–Crippen LogP) is 2.51. The topological polar surface area (TPSA) is 64.7 Å². The second-order valence-electron chi connectivity index (χ2n) is 4.61. The van der Waals surface area contributed by atoms with Crippen LogP contribution < -0.4 is 5.73 Å². The smallest absolute Gasteiger partial charge is 0.153 e. The van der Waals surface area contributed by atoms with Gasteiger partial charge in [0.1, 0.15) is 0 Å². The maximum absolute atomic E-state index is 5.88. The molecule has 0 unspecified atom stereocenters. The summed E-state index contributed by atoms with van der Waals surface area (Å²) < 4.78 is 0. The Balaban J connectivity index is 2.13. The molecule has 0 radical (unpaired) electrons. The second-order valence-corrected chi connectivity index (χ2v) is 4.61. The van der Waals surface area contributed by atoms with Crippen molar-refractivity contribution < 1.29 is 0 Å². The molecule has 2 heterocycles. The number of nitrogens with zero attached hydrogens (tertiary/aromatic N) is 3. The Morgan fingerprint density at radius 2 is 1.79 bits per heavy atom. The molecule has 94 valence electrons. The van der Waals surface area contributed by atoms with E-state index in [0.29, 0.717) is 5.82 Å². The van der Waals surface area contributed by atoms with E-state index in [1.165, 1.54) is 5.56 Å². The van der Waals surface area contributed by atoms with Gasteiger partial charge in [0, 0.05) is 29.6 Å². The molecule has 0 aliphatic heterocycles. The summed E-state index contributed by atoms with van der Waals surface area (Å²) in [6, 6.07) is 10.1. The van der Waals surface area contributed by atoms with Crippen LogP contribution in [0, 0.1) is 6.92 Å². The Kier molecular flexibility index (Phi) is 2.83. The molecule has 2 aromatic heterocycles. The van der Waals surface area contributed by atoms with Gasteiger partial charge in [0.25, 0.3) is 0 Å². The van der Waals surface area contributed by atoms with Crippen molar-refractivity contribution in [3.63, 3.8) is 0 Å². The molecule has 0 fully saturated rings. The predicted molar refractivity (Wildman–Crippen MR) is 75.7 cm³/mol. The number of nitrogens with two attached hydrogens (primary N) is 1. The summed E-state index contributed by atoms with van der Waals surface area (Å²) in [7, 11) is 0. The Hall–Kier alpha value is -2.49. The van der Waals surface area contributed by atoms with E-state index in [0.717, 1.165) is 28.5 Å². The van der Waals surface area contributed by atoms with Gasteiger partial charge < -0.3 is 5.73 Å². The van der Waals surface area contributed by atoms with Gasteiger partial charge in [-0.2, -0.15) is 5.10 Å². The molecular weight excluding hydrogens is 236 g/mol. The van der Waals surface area contributed by atoms with Gasteiger partial charge in [-0.05, 0) is 30.7 Å². The van der Waals surface area contributed by atoms with Crippen molar-refractivity contribution in [2.75, 3.05) is 5.73 Å². The van der Waals surface area contributed by atoms with Crippen LogP contribution in [0.15, 0.2) is 42.7 Å². The van der Waals surface area contributed by atoms with Crippen molar-refractivity contribution in [2.45, 2.75) is 13.3 Å². The van der Waals surface area contributed by atoms with Gasteiger partial charge in [0.05, 0.1) is 5.69 Å². The number of benzene rings is 1. The summed E-state index contributed by atoms with van der Waals surface area (Å²) in [6.07, 6.45) is 4.30. The molecule has 0 amide bonds. The van der Waals surface area contributed by atoms with Crippen molar-refractivity contribution in [1.82, 2.24) is 15.2 Å². The summed E-state index contributed by atoms with van der Waals surface area (Å²) in [5.41, 5.74) is 9.18. The van der Waals surface area contributed by atoms with E-state index < -0.39 is 0 Å². The highest BCUT2D eigenvalue weighted by Crippen LogP contribution is 2.23. The third-order valence-corrected chi connectivity index (χ3v) is 3.16. The number of aromatic nitrogens is 3. The molecule has 0 aliphatic carbocycles. The molecule has 0 saturated carbocycles. The van der Waals surface area contributed by atoms with E-state index in [-0.39, 0.29) is 0 Å². The number of pyridine rings is 1. The zero-order valence-corrected chi connectivity index (χ0v) is 10.7. The summed E-state index contributed by atoms with van der Waals surface area (Å²) in [5, 5.41) is 10.3. The van der Waals surface area contributed by atoms with Crippen LogP contribution in [0.5, 0.6) is 0 Å². The van der Waals surface area contributed by atoms with Gasteiger partial charge in [-0.3, -0.25) is 4.98 Å². The molecule has 0 saturated heterocycles. The molecule has 3 aromatic rings. The fraction of sp³-hybridized carbons (Fsp3) is 0.133. The second kappa shape index (κ2) is 4.65. The lowest BCUT2D eigenvalue weighted by Gasteiger charge is -2.07. The van der Waals surface area contributed by atoms with Gasteiger partial charge in [0.2, 0.25) is 0 Å². The quantitative estimate of drug-likeness (QED) is 0.759. The zero-order valence-electron chi connectivity index (χ0n) is 10.7. The molecule has 0 aliphatic rings. The van der Waals surface area contributed by atoms with Crippen LogP contribution in [0.2, 0.25) is 0 Å².